The fourth-order valence-corrected chi connectivity index (χ4v) is 2.27. The van der Waals surface area contributed by atoms with Gasteiger partial charge in [0.2, 0.25) is 0 Å². The maximum absolute atomic E-state index is 12.2. The van der Waals surface area contributed by atoms with Gasteiger partial charge in [0.15, 0.2) is 0 Å². The van der Waals surface area contributed by atoms with Crippen LogP contribution in [-0.4, -0.2) is 35.1 Å². The second-order valence-corrected chi connectivity index (χ2v) is 4.69. The number of fused-ring (bicyclic) bond motifs is 1. The number of hydrogen-bond acceptors (Lipinski definition) is 2. The highest BCUT2D eigenvalue weighted by atomic mass is 16.3. The van der Waals surface area contributed by atoms with Gasteiger partial charge in [-0.15, -0.1) is 0 Å². The Kier molecular flexibility index (Phi) is 3.79. The van der Waals surface area contributed by atoms with Gasteiger partial charge in [-0.3, -0.25) is 4.79 Å². The summed E-state index contributed by atoms with van der Waals surface area (Å²) in [4.78, 5) is 14.0. The Morgan fingerprint density at radius 2 is 2.18 bits per heavy atom. The number of amides is 1. The Hall–Kier alpha value is -1.35. The van der Waals surface area contributed by atoms with Crippen molar-refractivity contribution < 1.29 is 9.90 Å². The molecule has 1 N–H and O–H groups in total. The lowest BCUT2D eigenvalue weighted by atomic mass is 9.99. The first-order valence-corrected chi connectivity index (χ1v) is 6.23. The van der Waals surface area contributed by atoms with E-state index >= 15 is 0 Å². The van der Waals surface area contributed by atoms with Crippen LogP contribution < -0.4 is 0 Å². The Morgan fingerprint density at radius 1 is 1.41 bits per heavy atom. The zero-order valence-electron chi connectivity index (χ0n) is 10.2. The average Bonchev–Trinajstić information content (AvgIpc) is 2.32. The normalized spacial score (nSPS) is 16.8. The molecule has 0 radical (unpaired) electrons. The Balaban J connectivity index is 1.98. The minimum Gasteiger partial charge on any atom is -0.393 e. The van der Waals surface area contributed by atoms with Crippen molar-refractivity contribution in [3.8, 4) is 0 Å². The van der Waals surface area contributed by atoms with E-state index in [1.165, 1.54) is 0 Å². The summed E-state index contributed by atoms with van der Waals surface area (Å²) in [7, 11) is 0. The number of hydrogen-bond donors (Lipinski definition) is 1. The van der Waals surface area contributed by atoms with E-state index in [-0.39, 0.29) is 12.0 Å². The smallest absolute Gasteiger partial charge is 0.254 e. The van der Waals surface area contributed by atoms with Crippen LogP contribution in [0.3, 0.4) is 0 Å². The van der Waals surface area contributed by atoms with E-state index in [9.17, 15) is 9.90 Å². The summed E-state index contributed by atoms with van der Waals surface area (Å²) in [6.45, 7) is 3.33. The maximum Gasteiger partial charge on any atom is 0.254 e. The van der Waals surface area contributed by atoms with Crippen molar-refractivity contribution in [2.45, 2.75) is 32.3 Å². The second kappa shape index (κ2) is 5.32. The molecule has 1 heterocycles. The van der Waals surface area contributed by atoms with Gasteiger partial charge in [0.05, 0.1) is 6.10 Å². The van der Waals surface area contributed by atoms with Crippen molar-refractivity contribution in [2.24, 2.45) is 0 Å². The SMILES string of the molecule is CC(O)CCCN1CCc2ccccc2C1=O. The van der Waals surface area contributed by atoms with Crippen LogP contribution in [0.15, 0.2) is 24.3 Å². The summed E-state index contributed by atoms with van der Waals surface area (Å²) in [6, 6.07) is 7.82. The van der Waals surface area contributed by atoms with Crippen LogP contribution in [0.4, 0.5) is 0 Å². The molecule has 1 amide bonds. The van der Waals surface area contributed by atoms with E-state index in [4.69, 9.17) is 0 Å². The number of carbonyl (C=O) groups is 1. The van der Waals surface area contributed by atoms with E-state index in [1.54, 1.807) is 6.92 Å². The summed E-state index contributed by atoms with van der Waals surface area (Å²) in [5, 5.41) is 9.20. The van der Waals surface area contributed by atoms with Gasteiger partial charge in [0.1, 0.15) is 0 Å². The van der Waals surface area contributed by atoms with Gasteiger partial charge in [-0.25, -0.2) is 0 Å². The van der Waals surface area contributed by atoms with Crippen molar-refractivity contribution in [3.05, 3.63) is 35.4 Å². The lowest BCUT2D eigenvalue weighted by molar-refractivity contribution is 0.0727. The molecule has 3 heteroatoms. The van der Waals surface area contributed by atoms with Gasteiger partial charge < -0.3 is 10.0 Å². The van der Waals surface area contributed by atoms with Crippen LogP contribution in [0.5, 0.6) is 0 Å². The zero-order chi connectivity index (χ0) is 12.3. The molecule has 0 spiro atoms. The molecule has 92 valence electrons. The Bertz CT molecular complexity index is 401. The first-order valence-electron chi connectivity index (χ1n) is 6.23. The van der Waals surface area contributed by atoms with Gasteiger partial charge in [0, 0.05) is 18.7 Å². The molecule has 0 saturated heterocycles. The first-order chi connectivity index (χ1) is 8.18. The van der Waals surface area contributed by atoms with Crippen LogP contribution in [0.25, 0.3) is 0 Å². The molecular formula is C14H19NO2. The van der Waals surface area contributed by atoms with Crippen LogP contribution in [0.2, 0.25) is 0 Å². The maximum atomic E-state index is 12.2. The molecule has 1 aliphatic heterocycles. The lowest BCUT2D eigenvalue weighted by Gasteiger charge is -2.28. The van der Waals surface area contributed by atoms with Crippen molar-refractivity contribution in [1.82, 2.24) is 4.90 Å². The summed E-state index contributed by atoms with van der Waals surface area (Å²) in [5.74, 6) is 0.137. The highest BCUT2D eigenvalue weighted by Gasteiger charge is 2.23. The molecular weight excluding hydrogens is 214 g/mol. The van der Waals surface area contributed by atoms with Gasteiger partial charge >= 0.3 is 0 Å². The Morgan fingerprint density at radius 3 is 2.94 bits per heavy atom. The molecule has 0 saturated carbocycles. The lowest BCUT2D eigenvalue weighted by Crippen LogP contribution is -2.38. The minimum atomic E-state index is -0.276. The number of aliphatic hydroxyl groups is 1. The van der Waals surface area contributed by atoms with E-state index in [1.807, 2.05) is 29.2 Å². The summed E-state index contributed by atoms with van der Waals surface area (Å²) in [5.41, 5.74) is 2.00. The summed E-state index contributed by atoms with van der Waals surface area (Å²) in [6.07, 6.45) is 2.29. The van der Waals surface area contributed by atoms with Crippen molar-refractivity contribution in [3.63, 3.8) is 0 Å². The fourth-order valence-electron chi connectivity index (χ4n) is 2.27. The third-order valence-electron chi connectivity index (χ3n) is 3.24. The first kappa shape index (κ1) is 12.1. The van der Waals surface area contributed by atoms with E-state index in [2.05, 4.69) is 0 Å². The number of benzene rings is 1. The van der Waals surface area contributed by atoms with Crippen LogP contribution >= 0.6 is 0 Å². The molecule has 1 aromatic carbocycles. The van der Waals surface area contributed by atoms with Gasteiger partial charge in [-0.05, 0) is 37.8 Å². The predicted octanol–water partition coefficient (Wildman–Crippen LogP) is 1.85. The largest absolute Gasteiger partial charge is 0.393 e. The molecule has 0 aromatic heterocycles. The van der Waals surface area contributed by atoms with E-state index in [0.717, 1.165) is 43.5 Å². The molecule has 2 rings (SSSR count). The molecule has 0 bridgehead atoms. The van der Waals surface area contributed by atoms with Gasteiger partial charge in [-0.1, -0.05) is 18.2 Å². The highest BCUT2D eigenvalue weighted by molar-refractivity contribution is 5.96. The van der Waals surface area contributed by atoms with Crippen LogP contribution in [-0.2, 0) is 6.42 Å². The number of rotatable bonds is 4. The van der Waals surface area contributed by atoms with Crippen molar-refractivity contribution >= 4 is 5.91 Å². The Labute approximate surface area is 102 Å². The average molecular weight is 233 g/mol. The number of aliphatic hydroxyl groups excluding tert-OH is 1. The molecule has 1 atom stereocenters. The van der Waals surface area contributed by atoms with E-state index < -0.39 is 0 Å². The van der Waals surface area contributed by atoms with Crippen molar-refractivity contribution in [2.75, 3.05) is 13.1 Å². The monoisotopic (exact) mass is 233 g/mol. The minimum absolute atomic E-state index is 0.137. The highest BCUT2D eigenvalue weighted by Crippen LogP contribution is 2.18. The topological polar surface area (TPSA) is 40.5 Å². The predicted molar refractivity (Wildman–Crippen MR) is 67.0 cm³/mol. The molecule has 17 heavy (non-hydrogen) atoms. The fraction of sp³-hybridized carbons (Fsp3) is 0.500. The number of nitrogens with zero attached hydrogens (tertiary/aromatic N) is 1. The van der Waals surface area contributed by atoms with E-state index in [0.29, 0.717) is 0 Å². The quantitative estimate of drug-likeness (QED) is 0.862. The van der Waals surface area contributed by atoms with Gasteiger partial charge in [0.25, 0.3) is 5.91 Å². The second-order valence-electron chi connectivity index (χ2n) is 4.69. The van der Waals surface area contributed by atoms with Crippen molar-refractivity contribution in [1.29, 1.82) is 0 Å². The molecule has 0 aliphatic carbocycles. The van der Waals surface area contributed by atoms with Crippen LogP contribution in [0, 0.1) is 0 Å². The third-order valence-corrected chi connectivity index (χ3v) is 3.24. The van der Waals surface area contributed by atoms with Gasteiger partial charge in [-0.2, -0.15) is 0 Å². The zero-order valence-corrected chi connectivity index (χ0v) is 10.2. The molecule has 1 aromatic rings. The third kappa shape index (κ3) is 2.86. The molecule has 1 aliphatic rings. The molecule has 0 fully saturated rings. The number of carbonyl (C=O) groups excluding carboxylic acids is 1. The standard InChI is InChI=1S/C14H19NO2/c1-11(16)5-4-9-15-10-8-12-6-2-3-7-13(12)14(15)17/h2-3,6-7,11,16H,4-5,8-10H2,1H3. The molecule has 3 nitrogen and oxygen atoms in total. The summed E-state index contributed by atoms with van der Waals surface area (Å²) >= 11 is 0. The van der Waals surface area contributed by atoms with Crippen LogP contribution in [0.1, 0.15) is 35.7 Å². The summed E-state index contributed by atoms with van der Waals surface area (Å²) < 4.78 is 0. The molecule has 1 unspecified atom stereocenters.